The molecule has 0 saturated heterocycles. The van der Waals surface area contributed by atoms with Crippen molar-refractivity contribution in [2.24, 2.45) is 0 Å². The van der Waals surface area contributed by atoms with E-state index in [9.17, 15) is 13.5 Å². The van der Waals surface area contributed by atoms with Gasteiger partial charge >= 0.3 is 0 Å². The highest BCUT2D eigenvalue weighted by molar-refractivity contribution is 7.91. The van der Waals surface area contributed by atoms with Crippen molar-refractivity contribution in [3.8, 4) is 5.75 Å². The van der Waals surface area contributed by atoms with Gasteiger partial charge in [-0.05, 0) is 60.7 Å². The third-order valence-corrected chi connectivity index (χ3v) is 5.87. The van der Waals surface area contributed by atoms with Crippen LogP contribution < -0.4 is 15.8 Å². The summed E-state index contributed by atoms with van der Waals surface area (Å²) in [6.45, 7) is 0.428. The number of nitrogen functional groups attached to an aromatic ring is 1. The highest BCUT2D eigenvalue weighted by Gasteiger charge is 2.17. The van der Waals surface area contributed by atoms with Gasteiger partial charge in [-0.25, -0.2) is 8.42 Å². The molecule has 3 aromatic carbocycles. The molecule has 0 amide bonds. The molecule has 0 aliphatic rings. The lowest BCUT2D eigenvalue weighted by Gasteiger charge is -2.14. The summed E-state index contributed by atoms with van der Waals surface area (Å²) in [6.07, 6.45) is -0.710. The SMILES string of the molecule is Nc1ccc(S(=O)(=O)c2ccc(NCC(O)COc3ccccc3)cc2)cc1. The lowest BCUT2D eigenvalue weighted by molar-refractivity contribution is 0.117. The number of hydrogen-bond donors (Lipinski definition) is 3. The fraction of sp³-hybridized carbons (Fsp3) is 0.143. The Labute approximate surface area is 164 Å². The predicted octanol–water partition coefficient (Wildman–Crippen LogP) is 2.95. The molecule has 0 saturated carbocycles. The van der Waals surface area contributed by atoms with Gasteiger partial charge in [-0.15, -0.1) is 0 Å². The third kappa shape index (κ3) is 5.03. The molecular weight excluding hydrogens is 376 g/mol. The molecule has 7 heteroatoms. The van der Waals surface area contributed by atoms with Crippen LogP contribution in [0.15, 0.2) is 88.7 Å². The van der Waals surface area contributed by atoms with Gasteiger partial charge in [0, 0.05) is 17.9 Å². The van der Waals surface area contributed by atoms with E-state index in [2.05, 4.69) is 5.32 Å². The number of sulfone groups is 1. The maximum Gasteiger partial charge on any atom is 0.206 e. The minimum Gasteiger partial charge on any atom is -0.491 e. The average Bonchev–Trinajstić information content (AvgIpc) is 2.72. The molecule has 6 nitrogen and oxygen atoms in total. The Morgan fingerprint density at radius 1 is 0.893 bits per heavy atom. The molecule has 28 heavy (non-hydrogen) atoms. The fourth-order valence-corrected chi connectivity index (χ4v) is 3.80. The van der Waals surface area contributed by atoms with E-state index >= 15 is 0 Å². The van der Waals surface area contributed by atoms with E-state index < -0.39 is 15.9 Å². The first-order valence-electron chi connectivity index (χ1n) is 8.75. The van der Waals surface area contributed by atoms with Crippen LogP contribution in [0.3, 0.4) is 0 Å². The fourth-order valence-electron chi connectivity index (χ4n) is 2.54. The number of anilines is 2. The van der Waals surface area contributed by atoms with Crippen LogP contribution in [0.4, 0.5) is 11.4 Å². The molecule has 0 radical (unpaired) electrons. The topological polar surface area (TPSA) is 102 Å². The summed E-state index contributed by atoms with van der Waals surface area (Å²) in [6, 6.07) is 21.7. The van der Waals surface area contributed by atoms with Crippen LogP contribution in [-0.4, -0.2) is 32.8 Å². The lowest BCUT2D eigenvalue weighted by atomic mass is 10.3. The maximum absolute atomic E-state index is 12.6. The first kappa shape index (κ1) is 19.7. The van der Waals surface area contributed by atoms with Gasteiger partial charge in [-0.1, -0.05) is 18.2 Å². The van der Waals surface area contributed by atoms with Gasteiger partial charge in [0.15, 0.2) is 0 Å². The van der Waals surface area contributed by atoms with Crippen molar-refractivity contribution in [2.45, 2.75) is 15.9 Å². The molecule has 0 spiro atoms. The Bertz CT molecular complexity index is 989. The minimum absolute atomic E-state index is 0.153. The summed E-state index contributed by atoms with van der Waals surface area (Å²) in [5.74, 6) is 0.693. The number of nitrogens with one attached hydrogen (secondary N) is 1. The number of aliphatic hydroxyl groups excluding tert-OH is 1. The van der Waals surface area contributed by atoms with E-state index in [1.54, 1.807) is 24.3 Å². The number of benzene rings is 3. The summed E-state index contributed by atoms with van der Waals surface area (Å²) in [5.41, 5.74) is 6.82. The zero-order chi connectivity index (χ0) is 20.0. The Kier molecular flexibility index (Phi) is 6.18. The lowest BCUT2D eigenvalue weighted by Crippen LogP contribution is -2.26. The normalized spacial score (nSPS) is 12.3. The van der Waals surface area contributed by atoms with Crippen molar-refractivity contribution in [1.29, 1.82) is 0 Å². The van der Waals surface area contributed by atoms with Gasteiger partial charge in [0.1, 0.15) is 18.5 Å². The second-order valence-corrected chi connectivity index (χ2v) is 8.21. The number of para-hydroxylation sites is 1. The van der Waals surface area contributed by atoms with Gasteiger partial charge in [-0.3, -0.25) is 0 Å². The Morgan fingerprint density at radius 2 is 1.46 bits per heavy atom. The zero-order valence-corrected chi connectivity index (χ0v) is 16.0. The van der Waals surface area contributed by atoms with Crippen molar-refractivity contribution in [1.82, 2.24) is 0 Å². The van der Waals surface area contributed by atoms with Crippen LogP contribution in [0, 0.1) is 0 Å². The summed E-state index contributed by atoms with van der Waals surface area (Å²) in [5, 5.41) is 13.1. The molecule has 0 bridgehead atoms. The number of aliphatic hydroxyl groups is 1. The quantitative estimate of drug-likeness (QED) is 0.504. The van der Waals surface area contributed by atoms with E-state index in [1.807, 2.05) is 30.3 Å². The van der Waals surface area contributed by atoms with Crippen molar-refractivity contribution in [3.63, 3.8) is 0 Å². The standard InChI is InChI=1S/C21H22N2O4S/c22-16-6-10-20(11-7-16)28(25,26)21-12-8-17(9-13-21)23-14-18(24)15-27-19-4-2-1-3-5-19/h1-13,18,23-24H,14-15,22H2. The van der Waals surface area contributed by atoms with Crippen LogP contribution in [0.1, 0.15) is 0 Å². The summed E-state index contributed by atoms with van der Waals surface area (Å²) >= 11 is 0. The summed E-state index contributed by atoms with van der Waals surface area (Å²) < 4.78 is 30.7. The summed E-state index contributed by atoms with van der Waals surface area (Å²) in [7, 11) is -3.60. The monoisotopic (exact) mass is 398 g/mol. The average molecular weight is 398 g/mol. The minimum atomic E-state index is -3.60. The maximum atomic E-state index is 12.6. The molecule has 3 rings (SSSR count). The Hall–Kier alpha value is -3.03. The molecular formula is C21H22N2O4S. The van der Waals surface area contributed by atoms with Crippen LogP contribution >= 0.6 is 0 Å². The van der Waals surface area contributed by atoms with Crippen LogP contribution in [0.25, 0.3) is 0 Å². The number of ether oxygens (including phenoxy) is 1. The van der Waals surface area contributed by atoms with Crippen molar-refractivity contribution >= 4 is 21.2 Å². The molecule has 0 aliphatic carbocycles. The Balaban J connectivity index is 1.56. The van der Waals surface area contributed by atoms with E-state index in [-0.39, 0.29) is 22.9 Å². The van der Waals surface area contributed by atoms with Crippen molar-refractivity contribution in [2.75, 3.05) is 24.2 Å². The van der Waals surface area contributed by atoms with Crippen LogP contribution in [0.2, 0.25) is 0 Å². The zero-order valence-electron chi connectivity index (χ0n) is 15.2. The van der Waals surface area contributed by atoms with Gasteiger partial charge < -0.3 is 20.9 Å². The van der Waals surface area contributed by atoms with Gasteiger partial charge in [0.05, 0.1) is 9.79 Å². The number of nitrogens with two attached hydrogens (primary N) is 1. The molecule has 3 aromatic rings. The van der Waals surface area contributed by atoms with Gasteiger partial charge in [0.25, 0.3) is 0 Å². The summed E-state index contributed by atoms with van der Waals surface area (Å²) in [4.78, 5) is 0.381. The van der Waals surface area contributed by atoms with Crippen LogP contribution in [0.5, 0.6) is 5.75 Å². The molecule has 1 atom stereocenters. The largest absolute Gasteiger partial charge is 0.491 e. The second-order valence-electron chi connectivity index (χ2n) is 6.26. The Morgan fingerprint density at radius 3 is 2.07 bits per heavy atom. The molecule has 146 valence electrons. The van der Waals surface area contributed by atoms with E-state index in [0.29, 0.717) is 17.1 Å². The number of hydrogen-bond acceptors (Lipinski definition) is 6. The molecule has 1 unspecified atom stereocenters. The van der Waals surface area contributed by atoms with Crippen molar-refractivity contribution < 1.29 is 18.3 Å². The van der Waals surface area contributed by atoms with Gasteiger partial charge in [0.2, 0.25) is 9.84 Å². The number of rotatable bonds is 8. The van der Waals surface area contributed by atoms with Gasteiger partial charge in [-0.2, -0.15) is 0 Å². The predicted molar refractivity (Wildman–Crippen MR) is 109 cm³/mol. The van der Waals surface area contributed by atoms with E-state index in [0.717, 1.165) is 0 Å². The molecule has 0 fully saturated rings. The first-order chi connectivity index (χ1) is 13.4. The van der Waals surface area contributed by atoms with Crippen LogP contribution in [-0.2, 0) is 9.84 Å². The smallest absolute Gasteiger partial charge is 0.206 e. The highest BCUT2D eigenvalue weighted by atomic mass is 32.2. The van der Waals surface area contributed by atoms with E-state index in [4.69, 9.17) is 10.5 Å². The third-order valence-electron chi connectivity index (χ3n) is 4.08. The van der Waals surface area contributed by atoms with Crippen molar-refractivity contribution in [3.05, 3.63) is 78.9 Å². The molecule has 0 heterocycles. The second kappa shape index (κ2) is 8.77. The van der Waals surface area contributed by atoms with E-state index in [1.165, 1.54) is 24.3 Å². The first-order valence-corrected chi connectivity index (χ1v) is 10.2. The molecule has 0 aromatic heterocycles. The molecule has 4 N–H and O–H groups in total. The molecule has 0 aliphatic heterocycles. The highest BCUT2D eigenvalue weighted by Crippen LogP contribution is 2.23.